The van der Waals surface area contributed by atoms with Crippen molar-refractivity contribution < 1.29 is 9.53 Å². The van der Waals surface area contributed by atoms with Gasteiger partial charge in [-0.15, -0.1) is 11.3 Å². The lowest BCUT2D eigenvalue weighted by atomic mass is 9.89. The molecule has 2 N–H and O–H groups in total. The van der Waals surface area contributed by atoms with E-state index in [0.717, 1.165) is 28.3 Å². The van der Waals surface area contributed by atoms with Gasteiger partial charge in [0.2, 0.25) is 5.91 Å². The fourth-order valence-electron chi connectivity index (χ4n) is 2.93. The Balaban J connectivity index is 1.78. The molecule has 1 aliphatic heterocycles. The van der Waals surface area contributed by atoms with Gasteiger partial charge in [0, 0.05) is 22.6 Å². The van der Waals surface area contributed by atoms with Crippen molar-refractivity contribution in [1.29, 1.82) is 0 Å². The van der Waals surface area contributed by atoms with Crippen LogP contribution in [0.25, 0.3) is 0 Å². The summed E-state index contributed by atoms with van der Waals surface area (Å²) >= 11 is 6.60. The Morgan fingerprint density at radius 2 is 2.22 bits per heavy atom. The summed E-state index contributed by atoms with van der Waals surface area (Å²) in [6, 6.07) is 7.86. The van der Waals surface area contributed by atoms with Gasteiger partial charge in [0.1, 0.15) is 11.4 Å². The zero-order valence-electron chi connectivity index (χ0n) is 13.4. The van der Waals surface area contributed by atoms with Crippen LogP contribution in [0.2, 0.25) is 0 Å². The highest BCUT2D eigenvalue weighted by atomic mass is 32.1. The number of ether oxygens (including phenoxy) is 1. The molecule has 0 aliphatic carbocycles. The first kappa shape index (κ1) is 16.2. The first-order chi connectivity index (χ1) is 10.8. The SMILES string of the molecule is Cc1[nH]c(=S)sc1CC(=O)NC1CC(C)(C)Oc2ccccc21. The minimum atomic E-state index is -0.299. The second-order valence-electron chi connectivity index (χ2n) is 6.46. The third-order valence-corrected chi connectivity index (χ3v) is 5.29. The number of para-hydroxylation sites is 1. The van der Waals surface area contributed by atoms with Crippen LogP contribution in [0.3, 0.4) is 0 Å². The van der Waals surface area contributed by atoms with Gasteiger partial charge in [-0.2, -0.15) is 0 Å². The Bertz CT molecular complexity index is 792. The van der Waals surface area contributed by atoms with Crippen molar-refractivity contribution in [2.45, 2.75) is 45.3 Å². The minimum Gasteiger partial charge on any atom is -0.487 e. The van der Waals surface area contributed by atoms with Crippen LogP contribution in [-0.2, 0) is 11.2 Å². The molecule has 0 saturated heterocycles. The predicted molar refractivity (Wildman–Crippen MR) is 94.6 cm³/mol. The van der Waals surface area contributed by atoms with Crippen LogP contribution in [0.1, 0.15) is 42.4 Å². The van der Waals surface area contributed by atoms with E-state index in [9.17, 15) is 4.79 Å². The molecule has 4 nitrogen and oxygen atoms in total. The predicted octanol–water partition coefficient (Wildman–Crippen LogP) is 4.08. The number of carbonyl (C=O) groups is 1. The van der Waals surface area contributed by atoms with Gasteiger partial charge in [0.25, 0.3) is 0 Å². The van der Waals surface area contributed by atoms with E-state index in [1.54, 1.807) is 0 Å². The lowest BCUT2D eigenvalue weighted by molar-refractivity contribution is -0.121. The van der Waals surface area contributed by atoms with Crippen LogP contribution in [0.4, 0.5) is 0 Å². The summed E-state index contributed by atoms with van der Waals surface area (Å²) < 4.78 is 6.71. The van der Waals surface area contributed by atoms with Crippen molar-refractivity contribution in [2.75, 3.05) is 0 Å². The van der Waals surface area contributed by atoms with E-state index in [1.165, 1.54) is 11.3 Å². The fourth-order valence-corrected chi connectivity index (χ4v) is 4.22. The Morgan fingerprint density at radius 3 is 2.91 bits per heavy atom. The summed E-state index contributed by atoms with van der Waals surface area (Å²) in [5, 5.41) is 3.16. The highest BCUT2D eigenvalue weighted by molar-refractivity contribution is 7.73. The molecule has 2 aromatic rings. The zero-order chi connectivity index (χ0) is 16.6. The van der Waals surface area contributed by atoms with Gasteiger partial charge in [0.15, 0.2) is 3.95 Å². The number of carbonyl (C=O) groups excluding carboxylic acids is 1. The topological polar surface area (TPSA) is 54.1 Å². The maximum absolute atomic E-state index is 12.5. The fraction of sp³-hybridized carbons (Fsp3) is 0.412. The van der Waals surface area contributed by atoms with E-state index in [0.29, 0.717) is 10.4 Å². The monoisotopic (exact) mass is 348 g/mol. The molecule has 6 heteroatoms. The first-order valence-corrected chi connectivity index (χ1v) is 8.82. The molecule has 1 aromatic carbocycles. The lowest BCUT2D eigenvalue weighted by Gasteiger charge is -2.37. The van der Waals surface area contributed by atoms with Crippen LogP contribution in [-0.4, -0.2) is 16.5 Å². The molecule has 1 aliphatic rings. The smallest absolute Gasteiger partial charge is 0.225 e. The number of benzene rings is 1. The molecular formula is C17H20N2O2S2. The molecule has 0 bridgehead atoms. The highest BCUT2D eigenvalue weighted by Crippen LogP contribution is 2.39. The Kier molecular flexibility index (Phi) is 4.29. The van der Waals surface area contributed by atoms with E-state index in [-0.39, 0.29) is 17.6 Å². The molecule has 1 unspecified atom stereocenters. The van der Waals surface area contributed by atoms with Gasteiger partial charge < -0.3 is 15.0 Å². The van der Waals surface area contributed by atoms with Crippen molar-refractivity contribution >= 4 is 29.5 Å². The van der Waals surface area contributed by atoms with E-state index in [2.05, 4.69) is 10.3 Å². The Labute approximate surface area is 144 Å². The number of aromatic amines is 1. The third kappa shape index (κ3) is 3.64. The van der Waals surface area contributed by atoms with Gasteiger partial charge >= 0.3 is 0 Å². The molecule has 3 rings (SSSR count). The van der Waals surface area contributed by atoms with Crippen LogP contribution in [0.15, 0.2) is 24.3 Å². The zero-order valence-corrected chi connectivity index (χ0v) is 15.1. The number of thiazole rings is 1. The van der Waals surface area contributed by atoms with Gasteiger partial charge in [-0.1, -0.05) is 18.2 Å². The van der Waals surface area contributed by atoms with E-state index in [4.69, 9.17) is 17.0 Å². The third-order valence-electron chi connectivity index (χ3n) is 3.96. The van der Waals surface area contributed by atoms with E-state index in [1.807, 2.05) is 45.0 Å². The quantitative estimate of drug-likeness (QED) is 0.822. The number of rotatable bonds is 3. The molecule has 1 atom stereocenters. The summed E-state index contributed by atoms with van der Waals surface area (Å²) in [6.07, 6.45) is 1.10. The van der Waals surface area contributed by atoms with E-state index < -0.39 is 0 Å². The summed E-state index contributed by atoms with van der Waals surface area (Å²) in [7, 11) is 0. The highest BCUT2D eigenvalue weighted by Gasteiger charge is 2.34. The lowest BCUT2D eigenvalue weighted by Crippen LogP contribution is -2.41. The van der Waals surface area contributed by atoms with Crippen LogP contribution < -0.4 is 10.1 Å². The van der Waals surface area contributed by atoms with Crippen LogP contribution >= 0.6 is 23.6 Å². The van der Waals surface area contributed by atoms with Crippen LogP contribution in [0, 0.1) is 10.9 Å². The second-order valence-corrected chi connectivity index (χ2v) is 8.24. The molecule has 1 amide bonds. The second kappa shape index (κ2) is 6.09. The van der Waals surface area contributed by atoms with Gasteiger partial charge in [-0.3, -0.25) is 4.79 Å². The van der Waals surface area contributed by atoms with Gasteiger partial charge in [-0.05, 0) is 39.1 Å². The minimum absolute atomic E-state index is 0.0100. The van der Waals surface area contributed by atoms with Crippen molar-refractivity contribution in [3.8, 4) is 5.75 Å². The molecular weight excluding hydrogens is 328 g/mol. The summed E-state index contributed by atoms with van der Waals surface area (Å²) in [6.45, 7) is 6.04. The van der Waals surface area contributed by atoms with Crippen molar-refractivity contribution in [3.63, 3.8) is 0 Å². The standard InChI is InChI=1S/C17H20N2O2S2/c1-10-14(23-16(22)18-10)8-15(20)19-12-9-17(2,3)21-13-7-5-4-6-11(12)13/h4-7,12H,8-9H2,1-3H3,(H,18,22)(H,19,20). The first-order valence-electron chi connectivity index (χ1n) is 7.60. The van der Waals surface area contributed by atoms with E-state index >= 15 is 0 Å². The number of hydrogen-bond donors (Lipinski definition) is 2. The summed E-state index contributed by atoms with van der Waals surface area (Å²) in [5.41, 5.74) is 1.72. The van der Waals surface area contributed by atoms with Crippen molar-refractivity contribution in [1.82, 2.24) is 10.3 Å². The average molecular weight is 348 g/mol. The molecule has 0 radical (unpaired) electrons. The number of aromatic nitrogens is 1. The number of aryl methyl sites for hydroxylation is 1. The normalized spacial score (nSPS) is 18.8. The summed E-state index contributed by atoms with van der Waals surface area (Å²) in [4.78, 5) is 16.5. The van der Waals surface area contributed by atoms with Gasteiger partial charge in [0.05, 0.1) is 12.5 Å². The number of nitrogens with one attached hydrogen (secondary N) is 2. The molecule has 1 aromatic heterocycles. The largest absolute Gasteiger partial charge is 0.487 e. The number of hydrogen-bond acceptors (Lipinski definition) is 4. The van der Waals surface area contributed by atoms with Crippen molar-refractivity contribution in [3.05, 3.63) is 44.4 Å². The molecule has 0 fully saturated rings. The average Bonchev–Trinajstić information content (AvgIpc) is 2.75. The Morgan fingerprint density at radius 1 is 1.48 bits per heavy atom. The maximum Gasteiger partial charge on any atom is 0.225 e. The van der Waals surface area contributed by atoms with Crippen LogP contribution in [0.5, 0.6) is 5.75 Å². The summed E-state index contributed by atoms with van der Waals surface area (Å²) in [5.74, 6) is 0.860. The molecule has 23 heavy (non-hydrogen) atoms. The van der Waals surface area contributed by atoms with Crippen molar-refractivity contribution in [2.24, 2.45) is 0 Å². The van der Waals surface area contributed by atoms with Gasteiger partial charge in [-0.25, -0.2) is 0 Å². The number of fused-ring (bicyclic) bond motifs is 1. The molecule has 2 heterocycles. The number of amides is 1. The Hall–Kier alpha value is -1.66. The number of H-pyrrole nitrogens is 1. The molecule has 122 valence electrons. The maximum atomic E-state index is 12.5. The molecule has 0 spiro atoms. The molecule has 0 saturated carbocycles.